The van der Waals surface area contributed by atoms with Crippen molar-refractivity contribution in [3.8, 4) is 0 Å². The smallest absolute Gasteiger partial charge is 0.194 e. The number of benzene rings is 1. The molecule has 2 saturated heterocycles. The molecule has 1 aromatic heterocycles. The Balaban J connectivity index is 1.37. The summed E-state index contributed by atoms with van der Waals surface area (Å²) in [5, 5.41) is 17.1. The van der Waals surface area contributed by atoms with Crippen LogP contribution in [0.25, 0.3) is 0 Å². The minimum absolute atomic E-state index is 0.00978. The maximum Gasteiger partial charge on any atom is 0.194 e. The van der Waals surface area contributed by atoms with Crippen LogP contribution in [0.15, 0.2) is 41.7 Å². The lowest BCUT2D eigenvalue weighted by atomic mass is 9.97. The van der Waals surface area contributed by atoms with E-state index in [4.69, 9.17) is 9.73 Å². The minimum Gasteiger partial charge on any atom is -0.396 e. The molecule has 4 rings (SSSR count). The Morgan fingerprint density at radius 2 is 2.00 bits per heavy atom. The summed E-state index contributed by atoms with van der Waals surface area (Å²) in [7, 11) is 1.93. The van der Waals surface area contributed by atoms with E-state index in [1.54, 1.807) is 0 Å². The molecule has 1 atom stereocenters. The number of piperidine rings is 1. The van der Waals surface area contributed by atoms with Gasteiger partial charge >= 0.3 is 0 Å². The first-order valence-corrected chi connectivity index (χ1v) is 11.7. The van der Waals surface area contributed by atoms with E-state index in [9.17, 15) is 5.11 Å². The van der Waals surface area contributed by atoms with Gasteiger partial charge in [-0.05, 0) is 43.4 Å². The number of nitrogens with zero attached hydrogens (tertiary/aromatic N) is 5. The summed E-state index contributed by atoms with van der Waals surface area (Å²) in [6.07, 6.45) is 6.04. The van der Waals surface area contributed by atoms with Gasteiger partial charge in [0.25, 0.3) is 0 Å². The fourth-order valence-electron chi connectivity index (χ4n) is 4.43. The maximum absolute atomic E-state index is 9.34. The summed E-state index contributed by atoms with van der Waals surface area (Å²) in [6.45, 7) is 8.18. The van der Waals surface area contributed by atoms with Crippen LogP contribution in [0.4, 0.5) is 5.69 Å². The molecule has 2 aliphatic rings. The summed E-state index contributed by atoms with van der Waals surface area (Å²) in [5.41, 5.74) is 3.56. The van der Waals surface area contributed by atoms with Crippen molar-refractivity contribution in [2.24, 2.45) is 18.0 Å². The molecule has 8 heteroatoms. The molecule has 1 aromatic carbocycles. The lowest BCUT2D eigenvalue weighted by molar-refractivity contribution is -0.00805. The number of nitrogens with one attached hydrogen (secondary N) is 1. The molecular weight excluding hydrogens is 404 g/mol. The maximum atomic E-state index is 9.34. The van der Waals surface area contributed by atoms with Crippen molar-refractivity contribution >= 4 is 11.6 Å². The Labute approximate surface area is 190 Å². The fourth-order valence-corrected chi connectivity index (χ4v) is 4.43. The molecule has 2 fully saturated rings. The van der Waals surface area contributed by atoms with Crippen molar-refractivity contribution in [2.75, 3.05) is 50.8 Å². The SMILES string of the molecule is CCNC(=NCc1ccc(N2CCC(CO)CC2)cc1)N1CCOC(c2cnn(C)c2)C1. The largest absolute Gasteiger partial charge is 0.396 e. The first-order valence-electron chi connectivity index (χ1n) is 11.7. The van der Waals surface area contributed by atoms with E-state index in [0.29, 0.717) is 25.7 Å². The van der Waals surface area contributed by atoms with Crippen molar-refractivity contribution in [2.45, 2.75) is 32.4 Å². The van der Waals surface area contributed by atoms with Crippen LogP contribution in [0.2, 0.25) is 0 Å². The van der Waals surface area contributed by atoms with Crippen LogP contribution in [0.5, 0.6) is 0 Å². The molecule has 2 aliphatic heterocycles. The van der Waals surface area contributed by atoms with Gasteiger partial charge in [0.2, 0.25) is 0 Å². The van der Waals surface area contributed by atoms with Crippen LogP contribution in [-0.2, 0) is 18.3 Å². The number of anilines is 1. The van der Waals surface area contributed by atoms with Gasteiger partial charge in [0.1, 0.15) is 6.10 Å². The zero-order chi connectivity index (χ0) is 22.3. The summed E-state index contributed by atoms with van der Waals surface area (Å²) in [6, 6.07) is 8.75. The Morgan fingerprint density at radius 3 is 2.66 bits per heavy atom. The van der Waals surface area contributed by atoms with E-state index in [2.05, 4.69) is 51.4 Å². The number of ether oxygens (including phenoxy) is 1. The van der Waals surface area contributed by atoms with E-state index < -0.39 is 0 Å². The Hall–Kier alpha value is -2.58. The Morgan fingerprint density at radius 1 is 1.22 bits per heavy atom. The molecule has 3 heterocycles. The van der Waals surface area contributed by atoms with E-state index in [0.717, 1.165) is 57.1 Å². The number of morpholine rings is 1. The van der Waals surface area contributed by atoms with Crippen molar-refractivity contribution < 1.29 is 9.84 Å². The molecule has 0 bridgehead atoms. The number of hydrogen-bond acceptors (Lipinski definition) is 5. The third kappa shape index (κ3) is 5.61. The highest BCUT2D eigenvalue weighted by Crippen LogP contribution is 2.24. The molecule has 1 unspecified atom stereocenters. The summed E-state index contributed by atoms with van der Waals surface area (Å²) >= 11 is 0. The number of aryl methyl sites for hydroxylation is 1. The second kappa shape index (κ2) is 10.8. The van der Waals surface area contributed by atoms with Crippen molar-refractivity contribution in [1.82, 2.24) is 20.0 Å². The standard InChI is InChI=1S/C24H36N6O2/c1-3-25-24(30-12-13-32-23(17-30)21-15-27-28(2)16-21)26-14-19-4-6-22(7-5-19)29-10-8-20(18-31)9-11-29/h4-7,15-16,20,23,31H,3,8-14,17-18H2,1-2H3,(H,25,26). The zero-order valence-electron chi connectivity index (χ0n) is 19.3. The molecule has 8 nitrogen and oxygen atoms in total. The molecular formula is C24H36N6O2. The average Bonchev–Trinajstić information content (AvgIpc) is 3.28. The molecule has 174 valence electrons. The lowest BCUT2D eigenvalue weighted by Crippen LogP contribution is -2.48. The number of aliphatic hydroxyl groups excluding tert-OH is 1. The van der Waals surface area contributed by atoms with Gasteiger partial charge in [0, 0.05) is 57.3 Å². The van der Waals surface area contributed by atoms with Crippen LogP contribution in [0.3, 0.4) is 0 Å². The molecule has 2 aromatic rings. The highest BCUT2D eigenvalue weighted by atomic mass is 16.5. The summed E-state index contributed by atoms with van der Waals surface area (Å²) in [5.74, 6) is 1.39. The van der Waals surface area contributed by atoms with Crippen molar-refractivity contribution in [3.63, 3.8) is 0 Å². The third-order valence-corrected chi connectivity index (χ3v) is 6.38. The topological polar surface area (TPSA) is 78.2 Å². The van der Waals surface area contributed by atoms with Gasteiger partial charge in [0.15, 0.2) is 5.96 Å². The number of rotatable bonds is 6. The highest BCUT2D eigenvalue weighted by molar-refractivity contribution is 5.80. The van der Waals surface area contributed by atoms with Crippen LogP contribution in [-0.4, -0.2) is 71.7 Å². The Bertz CT molecular complexity index is 873. The predicted octanol–water partition coefficient (Wildman–Crippen LogP) is 2.17. The Kier molecular flexibility index (Phi) is 7.65. The molecule has 32 heavy (non-hydrogen) atoms. The number of guanidine groups is 1. The molecule has 2 N–H and O–H groups in total. The second-order valence-electron chi connectivity index (χ2n) is 8.70. The van der Waals surface area contributed by atoms with Gasteiger partial charge in [-0.2, -0.15) is 5.10 Å². The van der Waals surface area contributed by atoms with Crippen molar-refractivity contribution in [1.29, 1.82) is 0 Å². The summed E-state index contributed by atoms with van der Waals surface area (Å²) in [4.78, 5) is 9.61. The van der Waals surface area contributed by atoms with E-state index in [1.165, 1.54) is 11.3 Å². The lowest BCUT2D eigenvalue weighted by Gasteiger charge is -2.34. The second-order valence-corrected chi connectivity index (χ2v) is 8.70. The van der Waals surface area contributed by atoms with Crippen LogP contribution >= 0.6 is 0 Å². The van der Waals surface area contributed by atoms with Crippen LogP contribution in [0.1, 0.15) is 37.0 Å². The third-order valence-electron chi connectivity index (χ3n) is 6.38. The first kappa shape index (κ1) is 22.6. The minimum atomic E-state index is 0.00978. The molecule has 0 radical (unpaired) electrons. The van der Waals surface area contributed by atoms with E-state index in [-0.39, 0.29) is 6.10 Å². The van der Waals surface area contributed by atoms with Gasteiger partial charge < -0.3 is 25.0 Å². The molecule has 0 amide bonds. The monoisotopic (exact) mass is 440 g/mol. The molecule has 0 saturated carbocycles. The average molecular weight is 441 g/mol. The van der Waals surface area contributed by atoms with Gasteiger partial charge in [0.05, 0.1) is 25.9 Å². The van der Waals surface area contributed by atoms with E-state index in [1.807, 2.05) is 24.1 Å². The normalized spacial score (nSPS) is 20.6. The number of aliphatic imine (C=N–C) groups is 1. The number of aliphatic hydroxyl groups is 1. The summed E-state index contributed by atoms with van der Waals surface area (Å²) < 4.78 is 7.80. The zero-order valence-corrected chi connectivity index (χ0v) is 19.3. The van der Waals surface area contributed by atoms with E-state index >= 15 is 0 Å². The van der Waals surface area contributed by atoms with Gasteiger partial charge in [-0.25, -0.2) is 4.99 Å². The fraction of sp³-hybridized carbons (Fsp3) is 0.583. The van der Waals surface area contributed by atoms with Crippen LogP contribution < -0.4 is 10.2 Å². The van der Waals surface area contributed by atoms with Gasteiger partial charge in [-0.15, -0.1) is 0 Å². The molecule has 0 aliphatic carbocycles. The number of hydrogen-bond donors (Lipinski definition) is 2. The highest BCUT2D eigenvalue weighted by Gasteiger charge is 2.25. The number of aromatic nitrogens is 2. The van der Waals surface area contributed by atoms with Crippen LogP contribution in [0, 0.1) is 5.92 Å². The van der Waals surface area contributed by atoms with Gasteiger partial charge in [-0.1, -0.05) is 12.1 Å². The first-order chi connectivity index (χ1) is 15.7. The molecule has 0 spiro atoms. The van der Waals surface area contributed by atoms with Gasteiger partial charge in [-0.3, -0.25) is 4.68 Å². The van der Waals surface area contributed by atoms with Crippen molar-refractivity contribution in [3.05, 3.63) is 47.8 Å². The quantitative estimate of drug-likeness (QED) is 0.530. The predicted molar refractivity (Wildman–Crippen MR) is 127 cm³/mol.